The lowest BCUT2D eigenvalue weighted by atomic mass is 10.0. The van der Waals surface area contributed by atoms with Crippen LogP contribution in [0.2, 0.25) is 5.02 Å². The number of hydrogen-bond acceptors (Lipinski definition) is 5. The molecule has 1 aromatic heterocycles. The van der Waals surface area contributed by atoms with E-state index >= 15 is 0 Å². The van der Waals surface area contributed by atoms with Crippen LogP contribution in [0.5, 0.6) is 0 Å². The number of aryl methyl sites for hydroxylation is 1. The highest BCUT2D eigenvalue weighted by molar-refractivity contribution is 7.89. The lowest BCUT2D eigenvalue weighted by Gasteiger charge is -2.36. The van der Waals surface area contributed by atoms with Gasteiger partial charge in [-0.05, 0) is 48.9 Å². The number of piperazine rings is 1. The number of nitrogens with zero attached hydrogens (tertiary/aromatic N) is 4. The van der Waals surface area contributed by atoms with E-state index < -0.39 is 10.0 Å². The standard InChI is InChI=1S/C28H26ClFN4O2S/c1-20-26(18-21-6-3-2-4-7-21)28(32-27(31-20)22-8-5-9-24(30)19-22)33-14-16-34(17-15-33)37(35,36)25-12-10-23(29)11-13-25/h2-13,19H,14-18H2,1H3. The first kappa shape index (κ1) is 25.3. The van der Waals surface area contributed by atoms with Crippen LogP contribution in [0.25, 0.3) is 11.4 Å². The first-order valence-corrected chi connectivity index (χ1v) is 13.8. The number of aromatic nitrogens is 2. The summed E-state index contributed by atoms with van der Waals surface area (Å²) in [5, 5.41) is 0.489. The fourth-order valence-corrected chi connectivity index (χ4v) is 6.05. The summed E-state index contributed by atoms with van der Waals surface area (Å²) in [6.07, 6.45) is 0.634. The van der Waals surface area contributed by atoms with E-state index in [-0.39, 0.29) is 10.7 Å². The predicted octanol–water partition coefficient (Wildman–Crippen LogP) is 5.35. The van der Waals surface area contributed by atoms with E-state index in [4.69, 9.17) is 21.6 Å². The van der Waals surface area contributed by atoms with Crippen molar-refractivity contribution in [2.24, 2.45) is 0 Å². The minimum atomic E-state index is -3.63. The van der Waals surface area contributed by atoms with Crippen LogP contribution < -0.4 is 4.90 Å². The molecule has 3 aromatic carbocycles. The summed E-state index contributed by atoms with van der Waals surface area (Å²) in [4.78, 5) is 11.9. The number of halogens is 2. The lowest BCUT2D eigenvalue weighted by molar-refractivity contribution is 0.383. The quantitative estimate of drug-likeness (QED) is 0.332. The molecule has 1 aliphatic heterocycles. The van der Waals surface area contributed by atoms with E-state index in [1.807, 2.05) is 25.1 Å². The number of hydrogen-bond donors (Lipinski definition) is 0. The van der Waals surface area contributed by atoms with Crippen molar-refractivity contribution in [2.45, 2.75) is 18.2 Å². The van der Waals surface area contributed by atoms with E-state index in [9.17, 15) is 12.8 Å². The molecule has 37 heavy (non-hydrogen) atoms. The van der Waals surface area contributed by atoms with E-state index in [1.54, 1.807) is 24.3 Å². The Hall–Kier alpha value is -3.33. The summed E-state index contributed by atoms with van der Waals surface area (Å²) in [6, 6.07) is 22.5. The topological polar surface area (TPSA) is 66.4 Å². The second-order valence-corrected chi connectivity index (χ2v) is 11.3. The molecular weight excluding hydrogens is 511 g/mol. The molecule has 9 heteroatoms. The van der Waals surface area contributed by atoms with Crippen molar-refractivity contribution in [1.82, 2.24) is 14.3 Å². The molecule has 4 aromatic rings. The largest absolute Gasteiger partial charge is 0.354 e. The molecule has 0 N–H and O–H groups in total. The second-order valence-electron chi connectivity index (χ2n) is 8.95. The Balaban J connectivity index is 1.46. The van der Waals surface area contributed by atoms with Gasteiger partial charge in [-0.25, -0.2) is 22.8 Å². The molecule has 0 spiro atoms. The van der Waals surface area contributed by atoms with Crippen LogP contribution in [-0.4, -0.2) is 48.9 Å². The molecule has 0 bridgehead atoms. The van der Waals surface area contributed by atoms with Gasteiger partial charge in [0.1, 0.15) is 11.6 Å². The van der Waals surface area contributed by atoms with Gasteiger partial charge in [0.2, 0.25) is 10.0 Å². The molecule has 2 heterocycles. The molecule has 1 fully saturated rings. The maximum atomic E-state index is 14.0. The zero-order valence-electron chi connectivity index (χ0n) is 20.3. The molecule has 0 saturated carbocycles. The van der Waals surface area contributed by atoms with Crippen molar-refractivity contribution in [3.63, 3.8) is 0 Å². The van der Waals surface area contributed by atoms with Crippen molar-refractivity contribution in [1.29, 1.82) is 0 Å². The van der Waals surface area contributed by atoms with Gasteiger partial charge in [-0.1, -0.05) is 54.1 Å². The predicted molar refractivity (Wildman–Crippen MR) is 144 cm³/mol. The third-order valence-electron chi connectivity index (χ3n) is 6.49. The van der Waals surface area contributed by atoms with E-state index in [0.717, 1.165) is 22.6 Å². The fraction of sp³-hybridized carbons (Fsp3) is 0.214. The zero-order valence-corrected chi connectivity index (χ0v) is 21.9. The molecule has 0 amide bonds. The van der Waals surface area contributed by atoms with Gasteiger partial charge in [0, 0.05) is 54.4 Å². The molecule has 1 saturated heterocycles. The summed E-state index contributed by atoms with van der Waals surface area (Å²) in [6.45, 7) is 3.50. The Morgan fingerprint density at radius 3 is 2.27 bits per heavy atom. The Morgan fingerprint density at radius 2 is 1.59 bits per heavy atom. The van der Waals surface area contributed by atoms with Crippen molar-refractivity contribution < 1.29 is 12.8 Å². The monoisotopic (exact) mass is 536 g/mol. The molecule has 0 radical (unpaired) electrons. The number of benzene rings is 3. The Labute approximate surface area is 221 Å². The summed E-state index contributed by atoms with van der Waals surface area (Å²) < 4.78 is 41.8. The number of sulfonamides is 1. The first-order valence-electron chi connectivity index (χ1n) is 12.0. The average molecular weight is 537 g/mol. The Kier molecular flexibility index (Phi) is 7.24. The minimum absolute atomic E-state index is 0.224. The Bertz CT molecular complexity index is 1510. The third kappa shape index (κ3) is 5.51. The highest BCUT2D eigenvalue weighted by atomic mass is 35.5. The minimum Gasteiger partial charge on any atom is -0.354 e. The summed E-state index contributed by atoms with van der Waals surface area (Å²) >= 11 is 5.94. The van der Waals surface area contributed by atoms with Gasteiger partial charge in [0.25, 0.3) is 0 Å². The highest BCUT2D eigenvalue weighted by Gasteiger charge is 2.30. The van der Waals surface area contributed by atoms with Crippen molar-refractivity contribution in [3.05, 3.63) is 107 Å². The van der Waals surface area contributed by atoms with Gasteiger partial charge in [0.05, 0.1) is 4.90 Å². The molecular formula is C28H26ClFN4O2S. The van der Waals surface area contributed by atoms with Crippen molar-refractivity contribution in [3.8, 4) is 11.4 Å². The van der Waals surface area contributed by atoms with Gasteiger partial charge in [0.15, 0.2) is 5.82 Å². The normalized spacial score (nSPS) is 14.6. The van der Waals surface area contributed by atoms with Crippen LogP contribution >= 0.6 is 11.6 Å². The fourth-order valence-electron chi connectivity index (χ4n) is 4.50. The van der Waals surface area contributed by atoms with Crippen LogP contribution in [0.1, 0.15) is 16.8 Å². The van der Waals surface area contributed by atoms with Crippen LogP contribution in [0, 0.1) is 12.7 Å². The van der Waals surface area contributed by atoms with Crippen molar-refractivity contribution >= 4 is 27.4 Å². The number of anilines is 1. The molecule has 6 nitrogen and oxygen atoms in total. The van der Waals surface area contributed by atoms with Gasteiger partial charge in [-0.15, -0.1) is 0 Å². The maximum absolute atomic E-state index is 14.0. The van der Waals surface area contributed by atoms with Crippen LogP contribution in [-0.2, 0) is 16.4 Å². The van der Waals surface area contributed by atoms with Gasteiger partial charge < -0.3 is 4.90 Å². The van der Waals surface area contributed by atoms with Gasteiger partial charge in [-0.3, -0.25) is 0 Å². The van der Waals surface area contributed by atoms with Crippen molar-refractivity contribution in [2.75, 3.05) is 31.1 Å². The molecule has 1 aliphatic rings. The van der Waals surface area contributed by atoms with Gasteiger partial charge >= 0.3 is 0 Å². The zero-order chi connectivity index (χ0) is 26.0. The summed E-state index contributed by atoms with van der Waals surface area (Å²) in [5.74, 6) is 0.842. The average Bonchev–Trinajstić information content (AvgIpc) is 2.90. The van der Waals surface area contributed by atoms with Gasteiger partial charge in [-0.2, -0.15) is 4.31 Å². The molecule has 190 valence electrons. The van der Waals surface area contributed by atoms with Crippen LogP contribution in [0.15, 0.2) is 83.8 Å². The molecule has 0 atom stereocenters. The van der Waals surface area contributed by atoms with E-state index in [2.05, 4.69) is 17.0 Å². The molecule has 5 rings (SSSR count). The lowest BCUT2D eigenvalue weighted by Crippen LogP contribution is -2.49. The van der Waals surface area contributed by atoms with Crippen LogP contribution in [0.3, 0.4) is 0 Å². The van der Waals surface area contributed by atoms with E-state index in [0.29, 0.717) is 49.0 Å². The van der Waals surface area contributed by atoms with Crippen LogP contribution in [0.4, 0.5) is 10.2 Å². The number of rotatable bonds is 6. The SMILES string of the molecule is Cc1nc(-c2cccc(F)c2)nc(N2CCN(S(=O)(=O)c3ccc(Cl)cc3)CC2)c1Cc1ccccc1. The first-order chi connectivity index (χ1) is 17.8. The maximum Gasteiger partial charge on any atom is 0.243 e. The smallest absolute Gasteiger partial charge is 0.243 e. The second kappa shape index (κ2) is 10.6. The summed E-state index contributed by atoms with van der Waals surface area (Å²) in [5.41, 5.74) is 3.50. The molecule has 0 aliphatic carbocycles. The molecule has 0 unspecified atom stereocenters. The highest BCUT2D eigenvalue weighted by Crippen LogP contribution is 2.29. The third-order valence-corrected chi connectivity index (χ3v) is 8.65. The summed E-state index contributed by atoms with van der Waals surface area (Å²) in [7, 11) is -3.63. The van der Waals surface area contributed by atoms with E-state index in [1.165, 1.54) is 28.6 Å². The Morgan fingerprint density at radius 1 is 0.892 bits per heavy atom.